The topological polar surface area (TPSA) is 0 Å². The molecule has 4 aromatic rings. The molecule has 0 spiro atoms. The maximum Gasteiger partial charge on any atom is 0.0280 e. The molecule has 0 heteroatoms. The number of terminal acetylenes is 4. The van der Waals surface area contributed by atoms with E-state index in [0.29, 0.717) is 0 Å². The average Bonchev–Trinajstić information content (AvgIpc) is 3.04. The molecular weight excluding hydrogens is 504 g/mol. The molecule has 4 aliphatic carbocycles. The van der Waals surface area contributed by atoms with Crippen molar-refractivity contribution in [1.82, 2.24) is 0 Å². The first-order valence-electron chi connectivity index (χ1n) is 14.7. The lowest BCUT2D eigenvalue weighted by Crippen LogP contribution is -2.67. The van der Waals surface area contributed by atoms with Crippen molar-refractivity contribution in [2.24, 2.45) is 0 Å². The summed E-state index contributed by atoms with van der Waals surface area (Å²) >= 11 is 0. The summed E-state index contributed by atoms with van der Waals surface area (Å²) in [5.74, 6) is 12.2. The standard InChI is InChI=1S/C42H32/c1-5-31-17-9-13-21-35(31)39-25-40(36-22-14-10-18-32(36)6-2)28-41(26-39,37-23-15-11-19-33(37)7-3)30-42(27-39,29-40)38-24-16-12-20-34(38)8-4/h1-4,9-24H,25-30H2. The van der Waals surface area contributed by atoms with Gasteiger partial charge >= 0.3 is 0 Å². The highest BCUT2D eigenvalue weighted by atomic mass is 14.7. The van der Waals surface area contributed by atoms with E-state index >= 15 is 0 Å². The van der Waals surface area contributed by atoms with Crippen molar-refractivity contribution in [2.45, 2.75) is 60.2 Å². The summed E-state index contributed by atoms with van der Waals surface area (Å²) in [6, 6.07) is 34.2. The Bertz CT molecular complexity index is 1590. The maximum absolute atomic E-state index is 6.21. The van der Waals surface area contributed by atoms with Crippen LogP contribution < -0.4 is 0 Å². The lowest BCUT2D eigenvalue weighted by atomic mass is 9.31. The SMILES string of the molecule is C#Cc1ccccc1C12CC3(c4ccccc4C#C)CC(c4ccccc4C#C)(C1)CC(c1ccccc1C#C)(C2)C3. The summed E-state index contributed by atoms with van der Waals surface area (Å²) < 4.78 is 0. The van der Waals surface area contributed by atoms with Crippen molar-refractivity contribution < 1.29 is 0 Å². The molecule has 0 atom stereocenters. The monoisotopic (exact) mass is 536 g/mol. The van der Waals surface area contributed by atoms with Gasteiger partial charge in [-0.1, -0.05) is 96.5 Å². The van der Waals surface area contributed by atoms with Crippen LogP contribution in [-0.4, -0.2) is 0 Å². The van der Waals surface area contributed by atoms with E-state index in [4.69, 9.17) is 25.7 Å². The second-order valence-corrected chi connectivity index (χ2v) is 12.9. The third-order valence-corrected chi connectivity index (χ3v) is 10.7. The Kier molecular flexibility index (Phi) is 5.78. The molecule has 4 fully saturated rings. The number of benzene rings is 4. The summed E-state index contributed by atoms with van der Waals surface area (Å²) in [4.78, 5) is 0. The van der Waals surface area contributed by atoms with E-state index in [9.17, 15) is 0 Å². The van der Waals surface area contributed by atoms with Gasteiger partial charge in [0.05, 0.1) is 0 Å². The molecule has 42 heavy (non-hydrogen) atoms. The van der Waals surface area contributed by atoms with Gasteiger partial charge in [0.1, 0.15) is 0 Å². The van der Waals surface area contributed by atoms with Gasteiger partial charge in [-0.15, -0.1) is 25.7 Å². The minimum atomic E-state index is -0.192. The Labute approximate surface area is 250 Å². The predicted molar refractivity (Wildman–Crippen MR) is 172 cm³/mol. The highest BCUT2D eigenvalue weighted by Gasteiger charge is 2.70. The van der Waals surface area contributed by atoms with Crippen molar-refractivity contribution in [2.75, 3.05) is 0 Å². The zero-order chi connectivity index (χ0) is 29.0. The summed E-state index contributed by atoms with van der Waals surface area (Å²) in [7, 11) is 0. The van der Waals surface area contributed by atoms with Crippen LogP contribution in [0.3, 0.4) is 0 Å². The Morgan fingerprint density at radius 3 is 0.714 bits per heavy atom. The largest absolute Gasteiger partial charge is 0.115 e. The first-order chi connectivity index (χ1) is 20.5. The second kappa shape index (κ2) is 9.33. The molecular formula is C42H32. The van der Waals surface area contributed by atoms with Crippen molar-refractivity contribution >= 4 is 0 Å². The van der Waals surface area contributed by atoms with Crippen LogP contribution in [-0.2, 0) is 21.7 Å². The molecule has 0 radical (unpaired) electrons. The fraction of sp³-hybridized carbons (Fsp3) is 0.238. The summed E-state index contributed by atoms with van der Waals surface area (Å²) in [5.41, 5.74) is 8.18. The molecule has 0 N–H and O–H groups in total. The van der Waals surface area contributed by atoms with E-state index in [0.717, 1.165) is 60.8 Å². The molecule has 200 valence electrons. The van der Waals surface area contributed by atoms with Crippen LogP contribution in [0, 0.1) is 49.4 Å². The first kappa shape index (κ1) is 26.0. The van der Waals surface area contributed by atoms with Gasteiger partial charge in [0.15, 0.2) is 0 Å². The number of hydrogen-bond acceptors (Lipinski definition) is 0. The third kappa shape index (κ3) is 3.56. The lowest BCUT2D eigenvalue weighted by molar-refractivity contribution is -0.0694. The van der Waals surface area contributed by atoms with Crippen LogP contribution in [0.5, 0.6) is 0 Å². The highest BCUT2D eigenvalue weighted by molar-refractivity contribution is 5.59. The third-order valence-electron chi connectivity index (χ3n) is 10.7. The van der Waals surface area contributed by atoms with Gasteiger partial charge in [-0.25, -0.2) is 0 Å². The molecule has 4 saturated carbocycles. The van der Waals surface area contributed by atoms with Crippen molar-refractivity contribution in [3.63, 3.8) is 0 Å². The zero-order valence-electron chi connectivity index (χ0n) is 23.8. The fourth-order valence-electron chi connectivity index (χ4n) is 10.1. The molecule has 0 heterocycles. The predicted octanol–water partition coefficient (Wildman–Crippen LogP) is 8.05. The molecule has 0 nitrogen and oxygen atoms in total. The molecule has 0 unspecified atom stereocenters. The van der Waals surface area contributed by atoms with Crippen LogP contribution in [0.4, 0.5) is 0 Å². The van der Waals surface area contributed by atoms with Crippen LogP contribution in [0.15, 0.2) is 97.1 Å². The van der Waals surface area contributed by atoms with Gasteiger partial charge in [0.25, 0.3) is 0 Å². The van der Waals surface area contributed by atoms with Crippen LogP contribution in [0.1, 0.15) is 83.0 Å². The van der Waals surface area contributed by atoms with E-state index in [2.05, 4.69) is 121 Å². The van der Waals surface area contributed by atoms with E-state index in [1.54, 1.807) is 0 Å². The van der Waals surface area contributed by atoms with Gasteiger partial charge in [0, 0.05) is 22.3 Å². The second-order valence-electron chi connectivity index (χ2n) is 12.9. The van der Waals surface area contributed by atoms with Gasteiger partial charge in [-0.05, 0) is 107 Å². The van der Waals surface area contributed by atoms with Gasteiger partial charge in [-0.2, -0.15) is 0 Å². The van der Waals surface area contributed by atoms with E-state index < -0.39 is 0 Å². The Morgan fingerprint density at radius 2 is 0.524 bits per heavy atom. The van der Waals surface area contributed by atoms with Crippen LogP contribution in [0.2, 0.25) is 0 Å². The van der Waals surface area contributed by atoms with E-state index in [1.165, 1.54) is 22.3 Å². The van der Waals surface area contributed by atoms with Crippen LogP contribution in [0.25, 0.3) is 0 Å². The van der Waals surface area contributed by atoms with Gasteiger partial charge < -0.3 is 0 Å². The molecule has 4 bridgehead atoms. The van der Waals surface area contributed by atoms with Gasteiger partial charge in [-0.3, -0.25) is 0 Å². The van der Waals surface area contributed by atoms with Crippen LogP contribution >= 0.6 is 0 Å². The quantitative estimate of drug-likeness (QED) is 0.232. The number of hydrogen-bond donors (Lipinski definition) is 0. The normalized spacial score (nSPS) is 28.7. The van der Waals surface area contributed by atoms with Crippen molar-refractivity contribution in [1.29, 1.82) is 0 Å². The molecule has 0 amide bonds. The zero-order valence-corrected chi connectivity index (χ0v) is 23.8. The minimum absolute atomic E-state index is 0.192. The summed E-state index contributed by atoms with van der Waals surface area (Å²) in [6.45, 7) is 0. The molecule has 0 aromatic heterocycles. The maximum atomic E-state index is 6.21. The Hall–Kier alpha value is -4.88. The molecule has 8 rings (SSSR count). The van der Waals surface area contributed by atoms with E-state index in [1.807, 2.05) is 0 Å². The lowest BCUT2D eigenvalue weighted by Gasteiger charge is -2.72. The van der Waals surface area contributed by atoms with E-state index in [-0.39, 0.29) is 21.7 Å². The summed E-state index contributed by atoms with van der Waals surface area (Å²) in [5, 5.41) is 0. The highest BCUT2D eigenvalue weighted by Crippen LogP contribution is 2.75. The molecule has 4 aliphatic rings. The Morgan fingerprint density at radius 1 is 0.333 bits per heavy atom. The Balaban J connectivity index is 1.62. The molecule has 0 aliphatic heterocycles. The summed E-state index contributed by atoms with van der Waals surface area (Å²) in [6.07, 6.45) is 30.7. The molecule has 0 saturated heterocycles. The fourth-order valence-corrected chi connectivity index (χ4v) is 10.1. The average molecular weight is 537 g/mol. The van der Waals surface area contributed by atoms with Gasteiger partial charge in [0.2, 0.25) is 0 Å². The minimum Gasteiger partial charge on any atom is -0.115 e. The first-order valence-corrected chi connectivity index (χ1v) is 14.7. The molecule has 4 aromatic carbocycles. The van der Waals surface area contributed by atoms with Crippen molar-refractivity contribution in [3.05, 3.63) is 142 Å². The smallest absolute Gasteiger partial charge is 0.0280 e. The number of rotatable bonds is 4. The van der Waals surface area contributed by atoms with Crippen molar-refractivity contribution in [3.8, 4) is 49.4 Å².